The summed E-state index contributed by atoms with van der Waals surface area (Å²) in [6.07, 6.45) is 0. The predicted molar refractivity (Wildman–Crippen MR) is 100 cm³/mol. The third-order valence-electron chi connectivity index (χ3n) is 4.34. The zero-order valence-corrected chi connectivity index (χ0v) is 15.3. The van der Waals surface area contributed by atoms with Crippen molar-refractivity contribution in [1.29, 1.82) is 0 Å². The smallest absolute Gasteiger partial charge is 0.261 e. The van der Waals surface area contributed by atoms with E-state index in [4.69, 9.17) is 4.42 Å². The van der Waals surface area contributed by atoms with Gasteiger partial charge in [0.1, 0.15) is 11.1 Å². The number of fused-ring (bicyclic) bond motifs is 1. The van der Waals surface area contributed by atoms with Crippen LogP contribution in [0, 0.1) is 23.3 Å². The first-order chi connectivity index (χ1) is 14.4. The van der Waals surface area contributed by atoms with Crippen LogP contribution in [0.2, 0.25) is 0 Å². The first kappa shape index (κ1) is 19.4. The highest BCUT2D eigenvalue weighted by atomic mass is 19.2. The number of benzene rings is 3. The second-order valence-electron chi connectivity index (χ2n) is 6.18. The number of carbonyl (C=O) groups is 1. The molecule has 0 saturated carbocycles. The Morgan fingerprint density at radius 1 is 0.933 bits per heavy atom. The van der Waals surface area contributed by atoms with E-state index in [1.807, 2.05) is 6.07 Å². The molecule has 0 unspecified atom stereocenters. The SMILES string of the molecule is COc1c(F)c(F)c(C(=O)Nc2ccc(-c3nc4ccccc4o3)cc2)c(F)c1F. The molecule has 152 valence electrons. The van der Waals surface area contributed by atoms with E-state index in [0.717, 1.165) is 7.11 Å². The molecule has 9 heteroatoms. The van der Waals surface area contributed by atoms with Crippen molar-refractivity contribution in [3.8, 4) is 17.2 Å². The number of anilines is 1. The van der Waals surface area contributed by atoms with Gasteiger partial charge in [-0.05, 0) is 36.4 Å². The van der Waals surface area contributed by atoms with Crippen molar-refractivity contribution in [2.24, 2.45) is 0 Å². The summed E-state index contributed by atoms with van der Waals surface area (Å²) in [5.41, 5.74) is 0.589. The van der Waals surface area contributed by atoms with E-state index in [-0.39, 0.29) is 5.69 Å². The molecule has 0 aliphatic heterocycles. The number of nitrogens with zero attached hydrogens (tertiary/aromatic N) is 1. The average Bonchev–Trinajstić information content (AvgIpc) is 3.18. The lowest BCUT2D eigenvalue weighted by molar-refractivity contribution is 0.101. The van der Waals surface area contributed by atoms with Gasteiger partial charge in [0.05, 0.1) is 7.11 Å². The molecule has 1 heterocycles. The molecule has 1 amide bonds. The predicted octanol–water partition coefficient (Wildman–Crippen LogP) is 5.31. The number of ether oxygens (including phenoxy) is 1. The zero-order valence-electron chi connectivity index (χ0n) is 15.3. The van der Waals surface area contributed by atoms with Crippen molar-refractivity contribution in [3.63, 3.8) is 0 Å². The second-order valence-corrected chi connectivity index (χ2v) is 6.18. The maximum atomic E-state index is 14.1. The molecule has 30 heavy (non-hydrogen) atoms. The van der Waals surface area contributed by atoms with Gasteiger partial charge in [0.15, 0.2) is 23.0 Å². The number of hydrogen-bond acceptors (Lipinski definition) is 4. The number of hydrogen-bond donors (Lipinski definition) is 1. The van der Waals surface area contributed by atoms with Crippen LogP contribution in [-0.2, 0) is 0 Å². The second kappa shape index (κ2) is 7.51. The lowest BCUT2D eigenvalue weighted by atomic mass is 10.1. The first-order valence-electron chi connectivity index (χ1n) is 8.58. The van der Waals surface area contributed by atoms with Gasteiger partial charge in [-0.25, -0.2) is 13.8 Å². The highest BCUT2D eigenvalue weighted by Crippen LogP contribution is 2.30. The van der Waals surface area contributed by atoms with Crippen molar-refractivity contribution < 1.29 is 31.5 Å². The molecule has 1 aromatic heterocycles. The number of oxazole rings is 1. The van der Waals surface area contributed by atoms with Gasteiger partial charge in [-0.2, -0.15) is 8.78 Å². The summed E-state index contributed by atoms with van der Waals surface area (Å²) < 4.78 is 65.7. The summed E-state index contributed by atoms with van der Waals surface area (Å²) in [5, 5.41) is 2.19. The summed E-state index contributed by atoms with van der Waals surface area (Å²) in [6, 6.07) is 13.1. The quantitative estimate of drug-likeness (QED) is 0.362. The van der Waals surface area contributed by atoms with Crippen molar-refractivity contribution in [1.82, 2.24) is 4.98 Å². The van der Waals surface area contributed by atoms with Crippen LogP contribution in [0.5, 0.6) is 5.75 Å². The van der Waals surface area contributed by atoms with Crippen LogP contribution in [0.15, 0.2) is 52.9 Å². The van der Waals surface area contributed by atoms with E-state index >= 15 is 0 Å². The summed E-state index contributed by atoms with van der Waals surface area (Å²) in [6.45, 7) is 0. The highest BCUT2D eigenvalue weighted by molar-refractivity contribution is 6.05. The Morgan fingerprint density at radius 3 is 2.17 bits per heavy atom. The van der Waals surface area contributed by atoms with Crippen molar-refractivity contribution in [2.45, 2.75) is 0 Å². The van der Waals surface area contributed by atoms with Crippen LogP contribution in [0.25, 0.3) is 22.6 Å². The average molecular weight is 416 g/mol. The Balaban J connectivity index is 1.60. The van der Waals surface area contributed by atoms with Gasteiger partial charge in [-0.15, -0.1) is 0 Å². The minimum Gasteiger partial charge on any atom is -0.491 e. The minimum absolute atomic E-state index is 0.135. The van der Waals surface area contributed by atoms with Crippen LogP contribution >= 0.6 is 0 Å². The van der Waals surface area contributed by atoms with Crippen LogP contribution in [0.4, 0.5) is 23.2 Å². The van der Waals surface area contributed by atoms with Crippen molar-refractivity contribution in [2.75, 3.05) is 12.4 Å². The summed E-state index contributed by atoms with van der Waals surface area (Å²) in [7, 11) is 0.846. The Morgan fingerprint density at radius 2 is 1.57 bits per heavy atom. The summed E-state index contributed by atoms with van der Waals surface area (Å²) in [4.78, 5) is 16.6. The Labute approximate surface area is 166 Å². The molecule has 1 N–H and O–H groups in total. The number of carbonyl (C=O) groups excluding carboxylic acids is 1. The van der Waals surface area contributed by atoms with Gasteiger partial charge in [0.2, 0.25) is 17.5 Å². The van der Waals surface area contributed by atoms with Crippen LogP contribution < -0.4 is 10.1 Å². The van der Waals surface area contributed by atoms with E-state index in [1.54, 1.807) is 30.3 Å². The molecule has 3 aromatic carbocycles. The van der Waals surface area contributed by atoms with E-state index in [2.05, 4.69) is 15.0 Å². The van der Waals surface area contributed by atoms with E-state index in [9.17, 15) is 22.4 Å². The normalized spacial score (nSPS) is 11.0. The molecule has 0 spiro atoms. The molecular formula is C21H12F4N2O3. The van der Waals surface area contributed by atoms with Crippen LogP contribution in [0.3, 0.4) is 0 Å². The minimum atomic E-state index is -1.86. The summed E-state index contributed by atoms with van der Waals surface area (Å²) in [5.74, 6) is -9.58. The molecule has 0 radical (unpaired) electrons. The maximum absolute atomic E-state index is 14.1. The van der Waals surface area contributed by atoms with E-state index in [1.165, 1.54) is 12.1 Å². The molecule has 0 saturated heterocycles. The number of para-hydroxylation sites is 2. The van der Waals surface area contributed by atoms with Crippen molar-refractivity contribution in [3.05, 3.63) is 77.4 Å². The monoisotopic (exact) mass is 416 g/mol. The maximum Gasteiger partial charge on any atom is 0.261 e. The largest absolute Gasteiger partial charge is 0.491 e. The Bertz CT molecular complexity index is 1210. The topological polar surface area (TPSA) is 64.4 Å². The molecule has 0 aliphatic rings. The van der Waals surface area contributed by atoms with Gasteiger partial charge in [0.25, 0.3) is 5.91 Å². The standard InChI is InChI=1S/C21H12F4N2O3/c1-29-19-17(24)15(22)14(16(23)18(19)25)20(28)26-11-8-6-10(7-9-11)21-27-12-4-2-3-5-13(12)30-21/h2-9H,1H3,(H,26,28). The fraction of sp³-hybridized carbons (Fsp3) is 0.0476. The summed E-state index contributed by atoms with van der Waals surface area (Å²) >= 11 is 0. The molecule has 0 atom stereocenters. The molecule has 0 aliphatic carbocycles. The number of methoxy groups -OCH3 is 1. The molecule has 0 bridgehead atoms. The lowest BCUT2D eigenvalue weighted by Gasteiger charge is -2.11. The molecule has 0 fully saturated rings. The van der Waals surface area contributed by atoms with Crippen molar-refractivity contribution >= 4 is 22.7 Å². The number of aromatic nitrogens is 1. The third kappa shape index (κ3) is 3.24. The lowest BCUT2D eigenvalue weighted by Crippen LogP contribution is -2.18. The number of amides is 1. The number of halogens is 4. The van der Waals surface area contributed by atoms with Gasteiger partial charge < -0.3 is 14.5 Å². The number of rotatable bonds is 4. The molecule has 5 nitrogen and oxygen atoms in total. The van der Waals surface area contributed by atoms with Gasteiger partial charge in [0, 0.05) is 11.3 Å². The Kier molecular flexibility index (Phi) is 4.86. The van der Waals surface area contributed by atoms with Crippen LogP contribution in [-0.4, -0.2) is 18.0 Å². The third-order valence-corrected chi connectivity index (χ3v) is 4.34. The van der Waals surface area contributed by atoms with E-state index in [0.29, 0.717) is 22.6 Å². The van der Waals surface area contributed by atoms with Crippen LogP contribution in [0.1, 0.15) is 10.4 Å². The van der Waals surface area contributed by atoms with Gasteiger partial charge in [-0.1, -0.05) is 12.1 Å². The zero-order chi connectivity index (χ0) is 21.4. The molecular weight excluding hydrogens is 404 g/mol. The number of nitrogens with one attached hydrogen (secondary N) is 1. The molecule has 4 rings (SSSR count). The van der Waals surface area contributed by atoms with E-state index < -0.39 is 40.5 Å². The van der Waals surface area contributed by atoms with Gasteiger partial charge >= 0.3 is 0 Å². The Hall–Kier alpha value is -3.88. The fourth-order valence-corrected chi connectivity index (χ4v) is 2.88. The van der Waals surface area contributed by atoms with Gasteiger partial charge in [-0.3, -0.25) is 4.79 Å². The fourth-order valence-electron chi connectivity index (χ4n) is 2.88. The first-order valence-corrected chi connectivity index (χ1v) is 8.58. The molecule has 4 aromatic rings. The highest BCUT2D eigenvalue weighted by Gasteiger charge is 2.30.